The van der Waals surface area contributed by atoms with Crippen LogP contribution in [0.5, 0.6) is 11.5 Å². The molecule has 5 rings (SSSR count). The Balaban J connectivity index is 1.76. The van der Waals surface area contributed by atoms with E-state index in [0.29, 0.717) is 22.2 Å². The smallest absolute Gasteiger partial charge is 0.415 e. The van der Waals surface area contributed by atoms with Crippen LogP contribution in [-0.2, 0) is 4.74 Å². The molecule has 0 aromatic heterocycles. The van der Waals surface area contributed by atoms with E-state index in [1.807, 2.05) is 54.6 Å². The number of anilines is 1. The summed E-state index contributed by atoms with van der Waals surface area (Å²) in [4.78, 5) is 14.5. The Kier molecular flexibility index (Phi) is 3.40. The fraction of sp³-hybridized carbons (Fsp3) is 0.0952. The van der Waals surface area contributed by atoms with Crippen molar-refractivity contribution in [2.45, 2.75) is 12.1 Å². The van der Waals surface area contributed by atoms with Gasteiger partial charge >= 0.3 is 6.09 Å². The highest BCUT2D eigenvalue weighted by Gasteiger charge is 2.47. The zero-order valence-corrected chi connectivity index (χ0v) is 14.4. The molecular weight excluding hydrogens is 350 g/mol. The summed E-state index contributed by atoms with van der Waals surface area (Å²) < 4.78 is 11.9. The monoisotopic (exact) mass is 363 g/mol. The molecule has 2 atom stereocenters. The van der Waals surface area contributed by atoms with Crippen molar-refractivity contribution >= 4 is 23.4 Å². The summed E-state index contributed by atoms with van der Waals surface area (Å²) >= 11 is 6.20. The molecule has 1 saturated heterocycles. The van der Waals surface area contributed by atoms with Crippen LogP contribution in [-0.4, -0.2) is 6.09 Å². The number of carbonyl (C=O) groups is 1. The van der Waals surface area contributed by atoms with Gasteiger partial charge in [-0.2, -0.15) is 0 Å². The zero-order valence-electron chi connectivity index (χ0n) is 13.6. The molecule has 3 aromatic rings. The molecule has 2 aliphatic rings. The highest BCUT2D eigenvalue weighted by Crippen LogP contribution is 2.53. The van der Waals surface area contributed by atoms with E-state index in [9.17, 15) is 4.79 Å². The maximum absolute atomic E-state index is 12.8. The molecule has 5 heteroatoms. The summed E-state index contributed by atoms with van der Waals surface area (Å²) in [5.41, 5.74) is 2.45. The number of hydrogen-bond donors (Lipinski definition) is 0. The van der Waals surface area contributed by atoms with Gasteiger partial charge < -0.3 is 9.47 Å². The maximum atomic E-state index is 12.8. The summed E-state index contributed by atoms with van der Waals surface area (Å²) in [5.74, 6) is 1.29. The predicted octanol–water partition coefficient (Wildman–Crippen LogP) is 5.88. The minimum atomic E-state index is -0.432. The first kappa shape index (κ1) is 15.3. The van der Waals surface area contributed by atoms with Crippen LogP contribution in [0.25, 0.3) is 0 Å². The van der Waals surface area contributed by atoms with Gasteiger partial charge in [-0.15, -0.1) is 0 Å². The highest BCUT2D eigenvalue weighted by molar-refractivity contribution is 6.31. The van der Waals surface area contributed by atoms with Crippen molar-refractivity contribution in [3.63, 3.8) is 0 Å². The molecule has 0 saturated carbocycles. The van der Waals surface area contributed by atoms with E-state index < -0.39 is 12.2 Å². The normalized spacial score (nSPS) is 20.3. The molecule has 0 aliphatic carbocycles. The van der Waals surface area contributed by atoms with Gasteiger partial charge in [-0.3, -0.25) is 4.90 Å². The van der Waals surface area contributed by atoms with E-state index in [1.165, 1.54) is 0 Å². The number of rotatable bonds is 1. The molecule has 26 heavy (non-hydrogen) atoms. The molecule has 3 aromatic carbocycles. The topological polar surface area (TPSA) is 38.8 Å². The molecule has 2 aliphatic heterocycles. The van der Waals surface area contributed by atoms with Crippen molar-refractivity contribution < 1.29 is 14.3 Å². The second kappa shape index (κ2) is 5.78. The quantitative estimate of drug-likeness (QED) is 0.541. The van der Waals surface area contributed by atoms with Crippen molar-refractivity contribution in [2.24, 2.45) is 0 Å². The van der Waals surface area contributed by atoms with Crippen LogP contribution < -0.4 is 9.64 Å². The number of benzene rings is 3. The minimum absolute atomic E-state index is 0.333. The molecule has 2 heterocycles. The number of nitrogens with zero attached hydrogens (tertiary/aromatic N) is 1. The average Bonchev–Trinajstić information content (AvgIpc) is 2.93. The Morgan fingerprint density at radius 3 is 2.50 bits per heavy atom. The first-order valence-electron chi connectivity index (χ1n) is 8.33. The summed E-state index contributed by atoms with van der Waals surface area (Å²) in [6, 6.07) is 22.4. The van der Waals surface area contributed by atoms with Crippen LogP contribution in [0, 0.1) is 0 Å². The number of ether oxygens (including phenoxy) is 2. The number of amides is 1. The minimum Gasteiger partial charge on any atom is -0.455 e. The van der Waals surface area contributed by atoms with Gasteiger partial charge in [0.15, 0.2) is 11.9 Å². The molecule has 0 bridgehead atoms. The van der Waals surface area contributed by atoms with Crippen LogP contribution in [0.2, 0.25) is 5.02 Å². The summed E-state index contributed by atoms with van der Waals surface area (Å²) in [6.07, 6.45) is -0.842. The van der Waals surface area contributed by atoms with Gasteiger partial charge in [0.1, 0.15) is 11.8 Å². The Hall–Kier alpha value is -2.98. The lowest BCUT2D eigenvalue weighted by atomic mass is 9.94. The van der Waals surface area contributed by atoms with Gasteiger partial charge in [0.2, 0.25) is 0 Å². The number of hydrogen-bond acceptors (Lipinski definition) is 3. The Labute approximate surface area is 155 Å². The molecule has 0 radical (unpaired) electrons. The van der Waals surface area contributed by atoms with Gasteiger partial charge in [0.25, 0.3) is 0 Å². The summed E-state index contributed by atoms with van der Waals surface area (Å²) in [5, 5.41) is 0.535. The third kappa shape index (κ3) is 2.26. The number of halogens is 1. The van der Waals surface area contributed by atoms with Crippen LogP contribution in [0.3, 0.4) is 0 Å². The van der Waals surface area contributed by atoms with Crippen LogP contribution in [0.15, 0.2) is 72.8 Å². The third-order valence-corrected chi connectivity index (χ3v) is 4.99. The second-order valence-electron chi connectivity index (χ2n) is 6.28. The van der Waals surface area contributed by atoms with Crippen molar-refractivity contribution in [3.8, 4) is 11.5 Å². The van der Waals surface area contributed by atoms with Crippen LogP contribution in [0.1, 0.15) is 23.3 Å². The van der Waals surface area contributed by atoms with Crippen molar-refractivity contribution in [3.05, 3.63) is 88.9 Å². The first-order chi connectivity index (χ1) is 12.7. The fourth-order valence-corrected chi connectivity index (χ4v) is 3.79. The standard InChI is InChI=1S/C21H14ClNO3/c22-14-10-11-18-16(12-14)23-19(15-8-4-5-9-17(15)25-18)20(26-21(23)24)13-6-2-1-3-7-13/h1-12,19-20H/t19-,20?/m0/s1. The zero-order chi connectivity index (χ0) is 17.7. The van der Waals surface area contributed by atoms with E-state index >= 15 is 0 Å². The number of fused-ring (bicyclic) bond motifs is 5. The lowest BCUT2D eigenvalue weighted by molar-refractivity contribution is 0.132. The molecule has 4 nitrogen and oxygen atoms in total. The number of cyclic esters (lactones) is 1. The second-order valence-corrected chi connectivity index (χ2v) is 6.72. The van der Waals surface area contributed by atoms with Crippen LogP contribution >= 0.6 is 11.6 Å². The van der Waals surface area contributed by atoms with Crippen LogP contribution in [0.4, 0.5) is 10.5 Å². The van der Waals surface area contributed by atoms with Gasteiger partial charge in [-0.05, 0) is 29.8 Å². The van der Waals surface area contributed by atoms with Gasteiger partial charge in [-0.25, -0.2) is 4.79 Å². The number of para-hydroxylation sites is 1. The maximum Gasteiger partial charge on any atom is 0.415 e. The third-order valence-electron chi connectivity index (χ3n) is 4.76. The lowest BCUT2D eigenvalue weighted by Crippen LogP contribution is -2.27. The molecule has 1 fully saturated rings. The predicted molar refractivity (Wildman–Crippen MR) is 98.9 cm³/mol. The molecule has 1 unspecified atom stereocenters. The van der Waals surface area contributed by atoms with Crippen molar-refractivity contribution in [2.75, 3.05) is 4.90 Å². The SMILES string of the molecule is O=C1OC(c2ccccc2)[C@@H]2c3ccccc3Oc3ccc(Cl)cc3N12. The van der Waals surface area contributed by atoms with Gasteiger partial charge in [0.05, 0.1) is 5.69 Å². The van der Waals surface area contributed by atoms with Crippen molar-refractivity contribution in [1.29, 1.82) is 0 Å². The molecule has 0 spiro atoms. The largest absolute Gasteiger partial charge is 0.455 e. The molecular formula is C21H14ClNO3. The van der Waals surface area contributed by atoms with Gasteiger partial charge in [-0.1, -0.05) is 60.1 Å². The van der Waals surface area contributed by atoms with E-state index in [1.54, 1.807) is 23.1 Å². The first-order valence-corrected chi connectivity index (χ1v) is 8.71. The highest BCUT2D eigenvalue weighted by atomic mass is 35.5. The van der Waals surface area contributed by atoms with E-state index in [0.717, 1.165) is 11.1 Å². The van der Waals surface area contributed by atoms with Crippen molar-refractivity contribution in [1.82, 2.24) is 0 Å². The lowest BCUT2D eigenvalue weighted by Gasteiger charge is -2.23. The van der Waals surface area contributed by atoms with E-state index in [2.05, 4.69) is 0 Å². The Morgan fingerprint density at radius 2 is 1.65 bits per heavy atom. The Bertz CT molecular complexity index is 1010. The average molecular weight is 364 g/mol. The molecule has 128 valence electrons. The van der Waals surface area contributed by atoms with E-state index in [4.69, 9.17) is 21.1 Å². The molecule has 1 amide bonds. The van der Waals surface area contributed by atoms with Gasteiger partial charge in [0, 0.05) is 10.6 Å². The molecule has 0 N–H and O–H groups in total. The van der Waals surface area contributed by atoms with E-state index in [-0.39, 0.29) is 6.04 Å². The Morgan fingerprint density at radius 1 is 0.885 bits per heavy atom. The fourth-order valence-electron chi connectivity index (χ4n) is 3.62. The summed E-state index contributed by atoms with van der Waals surface area (Å²) in [7, 11) is 0. The number of carbonyl (C=O) groups excluding carboxylic acids is 1. The summed E-state index contributed by atoms with van der Waals surface area (Å²) in [6.45, 7) is 0.